The van der Waals surface area contributed by atoms with E-state index in [0.29, 0.717) is 17.2 Å². The van der Waals surface area contributed by atoms with E-state index >= 15 is 0 Å². The summed E-state index contributed by atoms with van der Waals surface area (Å²) in [7, 11) is 0. The van der Waals surface area contributed by atoms with Crippen molar-refractivity contribution < 1.29 is 9.53 Å². The lowest BCUT2D eigenvalue weighted by molar-refractivity contribution is -0.142. The maximum Gasteiger partial charge on any atom is 0.319 e. The summed E-state index contributed by atoms with van der Waals surface area (Å²) in [5, 5.41) is 9.50. The Labute approximate surface area is 154 Å². The van der Waals surface area contributed by atoms with Crippen molar-refractivity contribution in [2.45, 2.75) is 30.7 Å². The van der Waals surface area contributed by atoms with Gasteiger partial charge in [0.25, 0.3) is 5.56 Å². The van der Waals surface area contributed by atoms with Gasteiger partial charge in [-0.3, -0.25) is 9.59 Å². The van der Waals surface area contributed by atoms with Gasteiger partial charge < -0.3 is 9.72 Å². The molecule has 0 saturated carbocycles. The number of esters is 1. The van der Waals surface area contributed by atoms with E-state index in [-0.39, 0.29) is 22.4 Å². The Bertz CT molecular complexity index is 859. The Kier molecular flexibility index (Phi) is 6.62. The van der Waals surface area contributed by atoms with Crippen LogP contribution in [0.1, 0.15) is 25.8 Å². The molecule has 1 N–H and O–H groups in total. The lowest BCUT2D eigenvalue weighted by atomic mass is 10.1. The fourth-order valence-corrected chi connectivity index (χ4v) is 2.89. The predicted octanol–water partition coefficient (Wildman–Crippen LogP) is 3.40. The first-order chi connectivity index (χ1) is 12.0. The third-order valence-corrected chi connectivity index (χ3v) is 4.41. The number of aromatic nitrogens is 2. The molecule has 0 aliphatic carbocycles. The lowest BCUT2D eigenvalue weighted by Crippen LogP contribution is -2.20. The van der Waals surface area contributed by atoms with Gasteiger partial charge in [-0.1, -0.05) is 42.4 Å². The number of nitrogens with zero attached hydrogens (tertiary/aromatic N) is 2. The third-order valence-electron chi connectivity index (χ3n) is 3.20. The zero-order chi connectivity index (χ0) is 18.4. The molecule has 0 aliphatic rings. The first-order valence-electron chi connectivity index (χ1n) is 7.60. The number of nitrogens with one attached hydrogen (secondary N) is 1. The van der Waals surface area contributed by atoms with E-state index in [0.717, 1.165) is 18.2 Å². The van der Waals surface area contributed by atoms with Crippen LogP contribution in [0.5, 0.6) is 0 Å². The molecule has 0 unspecified atom stereocenters. The highest BCUT2D eigenvalue weighted by Crippen LogP contribution is 2.25. The van der Waals surface area contributed by atoms with Crippen molar-refractivity contribution in [2.24, 2.45) is 0 Å². The van der Waals surface area contributed by atoms with Gasteiger partial charge >= 0.3 is 5.97 Å². The van der Waals surface area contributed by atoms with Crippen LogP contribution in [0.2, 0.25) is 5.02 Å². The van der Waals surface area contributed by atoms with Gasteiger partial charge in [-0.2, -0.15) is 5.26 Å². The van der Waals surface area contributed by atoms with Crippen LogP contribution in [-0.4, -0.2) is 27.8 Å². The van der Waals surface area contributed by atoms with Crippen molar-refractivity contribution in [1.29, 1.82) is 5.26 Å². The molecule has 130 valence electrons. The quantitative estimate of drug-likeness (QED) is 0.471. The van der Waals surface area contributed by atoms with Crippen molar-refractivity contribution in [3.63, 3.8) is 0 Å². The number of hydrogen-bond donors (Lipinski definition) is 1. The first-order valence-corrected chi connectivity index (χ1v) is 8.85. The summed E-state index contributed by atoms with van der Waals surface area (Å²) in [6.07, 6.45) is 0.732. The Hall–Kier alpha value is -2.30. The van der Waals surface area contributed by atoms with Crippen molar-refractivity contribution >= 4 is 29.3 Å². The average molecular weight is 378 g/mol. The molecule has 2 aromatic rings. The summed E-state index contributed by atoms with van der Waals surface area (Å²) in [6, 6.07) is 8.53. The molecule has 0 fully saturated rings. The summed E-state index contributed by atoms with van der Waals surface area (Å²) in [6.45, 7) is 3.92. The molecule has 0 spiro atoms. The normalized spacial score (nSPS) is 11.6. The topological polar surface area (TPSA) is 95.8 Å². The highest BCUT2D eigenvalue weighted by atomic mass is 35.5. The number of benzene rings is 1. The van der Waals surface area contributed by atoms with E-state index in [9.17, 15) is 14.9 Å². The van der Waals surface area contributed by atoms with Crippen molar-refractivity contribution in [2.75, 3.05) is 6.61 Å². The third kappa shape index (κ3) is 4.84. The minimum absolute atomic E-state index is 0.0899. The molecule has 0 saturated heterocycles. The van der Waals surface area contributed by atoms with Gasteiger partial charge in [0.2, 0.25) is 0 Å². The van der Waals surface area contributed by atoms with E-state index in [2.05, 4.69) is 9.97 Å². The second kappa shape index (κ2) is 8.70. The Morgan fingerprint density at radius 1 is 1.44 bits per heavy atom. The molecular formula is C17H16ClN3O3S. The van der Waals surface area contributed by atoms with Gasteiger partial charge in [0, 0.05) is 10.6 Å². The number of rotatable bonds is 6. The molecule has 1 atom stereocenters. The summed E-state index contributed by atoms with van der Waals surface area (Å²) < 4.78 is 5.08. The van der Waals surface area contributed by atoms with Gasteiger partial charge in [0.15, 0.2) is 5.16 Å². The highest BCUT2D eigenvalue weighted by molar-refractivity contribution is 8.00. The van der Waals surface area contributed by atoms with Gasteiger partial charge in [-0.15, -0.1) is 0 Å². The van der Waals surface area contributed by atoms with Crippen molar-refractivity contribution in [1.82, 2.24) is 9.97 Å². The standard InChI is InChI=1S/C17H16ClN3O3S/c1-3-8-24-16(23)10(2)25-17-20-14(13(9-19)15(22)21-17)11-4-6-12(18)7-5-11/h4-7,10H,3,8H2,1-2H3,(H,20,21,22)/t10-/m1/s1. The van der Waals surface area contributed by atoms with Crippen molar-refractivity contribution in [3.05, 3.63) is 45.2 Å². The molecular weight excluding hydrogens is 362 g/mol. The van der Waals surface area contributed by atoms with Crippen LogP contribution in [-0.2, 0) is 9.53 Å². The molecule has 0 bridgehead atoms. The lowest BCUT2D eigenvalue weighted by Gasteiger charge is -2.11. The number of H-pyrrole nitrogens is 1. The summed E-state index contributed by atoms with van der Waals surface area (Å²) in [4.78, 5) is 30.9. The second-order valence-electron chi connectivity index (χ2n) is 5.14. The number of ether oxygens (including phenoxy) is 1. The van der Waals surface area contributed by atoms with Gasteiger partial charge in [0.1, 0.15) is 16.9 Å². The largest absolute Gasteiger partial charge is 0.465 e. The van der Waals surface area contributed by atoms with Crippen LogP contribution >= 0.6 is 23.4 Å². The minimum atomic E-state index is -0.556. The monoisotopic (exact) mass is 377 g/mol. The van der Waals surface area contributed by atoms with Crippen LogP contribution in [0.25, 0.3) is 11.3 Å². The van der Waals surface area contributed by atoms with Gasteiger partial charge in [-0.05, 0) is 25.5 Å². The van der Waals surface area contributed by atoms with E-state index < -0.39 is 10.8 Å². The first kappa shape index (κ1) is 19.0. The fourth-order valence-electron chi connectivity index (χ4n) is 1.96. The van der Waals surface area contributed by atoms with Crippen LogP contribution < -0.4 is 5.56 Å². The maximum atomic E-state index is 12.2. The van der Waals surface area contributed by atoms with Crippen LogP contribution in [0.15, 0.2) is 34.2 Å². The summed E-state index contributed by atoms with van der Waals surface area (Å²) in [5.74, 6) is -0.382. The Morgan fingerprint density at radius 3 is 2.72 bits per heavy atom. The second-order valence-corrected chi connectivity index (χ2v) is 6.91. The number of aromatic amines is 1. The molecule has 0 amide bonds. The number of nitriles is 1. The Balaban J connectivity index is 2.35. The van der Waals surface area contributed by atoms with E-state index in [4.69, 9.17) is 16.3 Å². The Morgan fingerprint density at radius 2 is 2.12 bits per heavy atom. The van der Waals surface area contributed by atoms with Gasteiger partial charge in [0.05, 0.1) is 12.3 Å². The van der Waals surface area contributed by atoms with Crippen LogP contribution in [0, 0.1) is 11.3 Å². The predicted molar refractivity (Wildman–Crippen MR) is 96.6 cm³/mol. The minimum Gasteiger partial charge on any atom is -0.465 e. The average Bonchev–Trinajstić information content (AvgIpc) is 2.59. The molecule has 0 radical (unpaired) electrons. The summed E-state index contributed by atoms with van der Waals surface area (Å²) >= 11 is 6.94. The van der Waals surface area contributed by atoms with E-state index in [1.165, 1.54) is 0 Å². The zero-order valence-corrected chi connectivity index (χ0v) is 15.3. The SMILES string of the molecule is CCCOC(=O)[C@@H](C)Sc1nc(-c2ccc(Cl)cc2)c(C#N)c(=O)[nH]1. The number of thioether (sulfide) groups is 1. The number of carbonyl (C=O) groups excluding carboxylic acids is 1. The highest BCUT2D eigenvalue weighted by Gasteiger charge is 2.20. The molecule has 2 rings (SSSR count). The molecule has 25 heavy (non-hydrogen) atoms. The summed E-state index contributed by atoms with van der Waals surface area (Å²) in [5.41, 5.74) is 0.196. The molecule has 0 aliphatic heterocycles. The molecule has 6 nitrogen and oxygen atoms in total. The van der Waals surface area contributed by atoms with Gasteiger partial charge in [-0.25, -0.2) is 4.98 Å². The van der Waals surface area contributed by atoms with E-state index in [1.807, 2.05) is 13.0 Å². The molecule has 1 aromatic carbocycles. The molecule has 1 heterocycles. The molecule has 1 aromatic heterocycles. The van der Waals surface area contributed by atoms with Crippen LogP contribution in [0.3, 0.4) is 0 Å². The van der Waals surface area contributed by atoms with Crippen LogP contribution in [0.4, 0.5) is 0 Å². The smallest absolute Gasteiger partial charge is 0.319 e. The number of hydrogen-bond acceptors (Lipinski definition) is 6. The number of halogens is 1. The van der Waals surface area contributed by atoms with E-state index in [1.54, 1.807) is 31.2 Å². The van der Waals surface area contributed by atoms with Crippen molar-refractivity contribution in [3.8, 4) is 17.3 Å². The maximum absolute atomic E-state index is 12.2. The molecule has 8 heteroatoms. The fraction of sp³-hybridized carbons (Fsp3) is 0.294. The number of carbonyl (C=O) groups is 1. The zero-order valence-electron chi connectivity index (χ0n) is 13.7.